The summed E-state index contributed by atoms with van der Waals surface area (Å²) in [5.41, 5.74) is 9.19. The Morgan fingerprint density at radius 2 is 1.49 bits per heavy atom. The number of hydrogen-bond donors (Lipinski definition) is 1. The van der Waals surface area contributed by atoms with E-state index in [0.717, 1.165) is 41.4 Å². The lowest BCUT2D eigenvalue weighted by Crippen LogP contribution is -2.54. The van der Waals surface area contributed by atoms with Gasteiger partial charge in [0.1, 0.15) is 0 Å². The summed E-state index contributed by atoms with van der Waals surface area (Å²) < 4.78 is 0. The molecule has 0 amide bonds. The van der Waals surface area contributed by atoms with Gasteiger partial charge in [-0.05, 0) is 136 Å². The molecular formula is C34H63N. The predicted octanol–water partition coefficient (Wildman–Crippen LogP) is 10.2. The molecule has 0 spiro atoms. The van der Waals surface area contributed by atoms with Gasteiger partial charge in [0.15, 0.2) is 0 Å². The van der Waals surface area contributed by atoms with Crippen LogP contribution >= 0.6 is 0 Å². The maximum Gasteiger partial charge on any atom is 0.00418 e. The number of nitrogens with two attached hydrogens (primary N) is 1. The molecule has 5 saturated carbocycles. The Kier molecular flexibility index (Phi) is 10.4. The van der Waals surface area contributed by atoms with Crippen molar-refractivity contribution < 1.29 is 0 Å². The molecule has 2 N–H and O–H groups in total. The molecule has 0 bridgehead atoms. The monoisotopic (exact) mass is 485 g/mol. The molecule has 0 aromatic carbocycles. The van der Waals surface area contributed by atoms with Gasteiger partial charge in [0.25, 0.3) is 0 Å². The molecule has 5 aliphatic rings. The number of rotatable bonds is 3. The fourth-order valence-electron chi connectivity index (χ4n) is 10.1. The lowest BCUT2D eigenvalue weighted by molar-refractivity contribution is -0.116. The third kappa shape index (κ3) is 5.91. The Bertz CT molecular complexity index is 666. The second-order valence-corrected chi connectivity index (χ2v) is 14.3. The van der Waals surface area contributed by atoms with Crippen molar-refractivity contribution in [3.63, 3.8) is 0 Å². The molecule has 0 heterocycles. The van der Waals surface area contributed by atoms with E-state index in [1.807, 2.05) is 0 Å². The highest BCUT2D eigenvalue weighted by Gasteiger charge is 2.60. The zero-order chi connectivity index (χ0) is 25.8. The molecular weight excluding hydrogens is 422 g/mol. The molecule has 0 radical (unpaired) electrons. The molecule has 0 aromatic heterocycles. The van der Waals surface area contributed by atoms with Crippen LogP contribution in [0, 0.1) is 52.3 Å². The van der Waals surface area contributed by atoms with Gasteiger partial charge in [-0.15, -0.1) is 0 Å². The van der Waals surface area contributed by atoms with Crippen LogP contribution in [-0.4, -0.2) is 6.04 Å². The van der Waals surface area contributed by atoms with Crippen LogP contribution in [0.5, 0.6) is 0 Å². The first-order valence-corrected chi connectivity index (χ1v) is 16.1. The van der Waals surface area contributed by atoms with Crippen LogP contribution in [0.3, 0.4) is 0 Å². The number of fused-ring (bicyclic) bond motifs is 5. The smallest absolute Gasteiger partial charge is 0.00418 e. The van der Waals surface area contributed by atoms with E-state index in [-0.39, 0.29) is 0 Å². The Hall–Kier alpha value is -0.300. The molecule has 5 aliphatic carbocycles. The first-order valence-electron chi connectivity index (χ1n) is 16.1. The topological polar surface area (TPSA) is 26.0 Å². The summed E-state index contributed by atoms with van der Waals surface area (Å²) in [6, 6.07) is 0.487. The predicted molar refractivity (Wildman–Crippen MR) is 155 cm³/mol. The molecule has 5 fully saturated rings. The second kappa shape index (κ2) is 12.5. The average molecular weight is 486 g/mol. The molecule has 1 heteroatoms. The van der Waals surface area contributed by atoms with Crippen LogP contribution in [0.1, 0.15) is 145 Å². The van der Waals surface area contributed by atoms with E-state index in [9.17, 15) is 0 Å². The van der Waals surface area contributed by atoms with Crippen LogP contribution < -0.4 is 5.73 Å². The van der Waals surface area contributed by atoms with Crippen LogP contribution in [0.4, 0.5) is 0 Å². The van der Waals surface area contributed by atoms with Gasteiger partial charge in [0.2, 0.25) is 0 Å². The minimum absolute atomic E-state index is 0.487. The highest BCUT2D eigenvalue weighted by atomic mass is 14.7. The van der Waals surface area contributed by atoms with Crippen molar-refractivity contribution in [3.05, 3.63) is 12.2 Å². The van der Waals surface area contributed by atoms with Gasteiger partial charge < -0.3 is 5.73 Å². The van der Waals surface area contributed by atoms with Crippen molar-refractivity contribution in [2.24, 2.45) is 58.0 Å². The SMILES string of the molecule is C=C1CCCC1C[C@@H](C)C1CCC2C3CC[C@H]4CC(N)CCC4(C)C3CCC21C.CCC.CCC. The second-order valence-electron chi connectivity index (χ2n) is 14.3. The van der Waals surface area contributed by atoms with Crippen LogP contribution in [-0.2, 0) is 0 Å². The van der Waals surface area contributed by atoms with Crippen LogP contribution in [0.2, 0.25) is 0 Å². The minimum Gasteiger partial charge on any atom is -0.328 e. The number of hydrogen-bond acceptors (Lipinski definition) is 1. The summed E-state index contributed by atoms with van der Waals surface area (Å²) in [6.45, 7) is 20.9. The van der Waals surface area contributed by atoms with Crippen LogP contribution in [0.15, 0.2) is 12.2 Å². The Morgan fingerprint density at radius 3 is 2.11 bits per heavy atom. The summed E-state index contributed by atoms with van der Waals surface area (Å²) in [5, 5.41) is 0. The first kappa shape index (κ1) is 29.3. The van der Waals surface area contributed by atoms with Crippen molar-refractivity contribution in [2.75, 3.05) is 0 Å². The van der Waals surface area contributed by atoms with E-state index in [4.69, 9.17) is 5.73 Å². The van der Waals surface area contributed by atoms with Gasteiger partial charge in [-0.3, -0.25) is 0 Å². The van der Waals surface area contributed by atoms with E-state index in [1.165, 1.54) is 96.3 Å². The quantitative estimate of drug-likeness (QED) is 0.395. The minimum atomic E-state index is 0.487. The van der Waals surface area contributed by atoms with Crippen molar-refractivity contribution in [3.8, 4) is 0 Å². The third-order valence-corrected chi connectivity index (χ3v) is 11.8. The molecule has 0 aromatic rings. The Balaban J connectivity index is 0.000000520. The largest absolute Gasteiger partial charge is 0.328 e. The molecule has 10 atom stereocenters. The summed E-state index contributed by atoms with van der Waals surface area (Å²) in [5.74, 6) is 6.63. The summed E-state index contributed by atoms with van der Waals surface area (Å²) in [6.07, 6.45) is 21.1. The fraction of sp³-hybridized carbons (Fsp3) is 0.941. The summed E-state index contributed by atoms with van der Waals surface area (Å²) in [4.78, 5) is 0. The zero-order valence-corrected chi connectivity index (χ0v) is 25.0. The van der Waals surface area contributed by atoms with Crippen molar-refractivity contribution in [2.45, 2.75) is 151 Å². The van der Waals surface area contributed by atoms with Gasteiger partial charge in [0, 0.05) is 6.04 Å². The fourth-order valence-corrected chi connectivity index (χ4v) is 10.1. The van der Waals surface area contributed by atoms with E-state index < -0.39 is 0 Å². The molecule has 0 aliphatic heterocycles. The standard InChI is InChI=1S/C28H47N.2C3H8/c1-18-6-5-7-20(18)16-19(2)24-10-11-25-23-9-8-21-17-22(29)12-14-27(21,3)26(23)13-15-28(24,25)4;2*1-3-2/h19-26H,1,5-17,29H2,2-4H3;2*3H2,1-2H3/t19-,20?,21+,22?,23?,24?,25?,26?,27?,28?;;/m1../s1. The maximum atomic E-state index is 6.40. The Morgan fingerprint density at radius 1 is 0.857 bits per heavy atom. The first-order chi connectivity index (χ1) is 16.7. The van der Waals surface area contributed by atoms with E-state index in [2.05, 4.69) is 55.0 Å². The third-order valence-electron chi connectivity index (χ3n) is 11.8. The van der Waals surface area contributed by atoms with Gasteiger partial charge in [-0.25, -0.2) is 0 Å². The average Bonchev–Trinajstić information content (AvgIpc) is 3.37. The summed E-state index contributed by atoms with van der Waals surface area (Å²) in [7, 11) is 0. The molecule has 204 valence electrons. The summed E-state index contributed by atoms with van der Waals surface area (Å²) >= 11 is 0. The van der Waals surface area contributed by atoms with E-state index in [1.54, 1.807) is 5.57 Å². The van der Waals surface area contributed by atoms with E-state index >= 15 is 0 Å². The van der Waals surface area contributed by atoms with Crippen molar-refractivity contribution in [1.29, 1.82) is 0 Å². The highest BCUT2D eigenvalue weighted by molar-refractivity contribution is 5.11. The molecule has 1 nitrogen and oxygen atoms in total. The van der Waals surface area contributed by atoms with Gasteiger partial charge in [-0.2, -0.15) is 0 Å². The van der Waals surface area contributed by atoms with Gasteiger partial charge >= 0.3 is 0 Å². The molecule has 5 rings (SSSR count). The lowest BCUT2D eigenvalue weighted by atomic mass is 9.44. The maximum absolute atomic E-state index is 6.40. The van der Waals surface area contributed by atoms with Crippen molar-refractivity contribution in [1.82, 2.24) is 0 Å². The Labute approximate surface area is 220 Å². The molecule has 35 heavy (non-hydrogen) atoms. The van der Waals surface area contributed by atoms with Gasteiger partial charge in [-0.1, -0.05) is 73.5 Å². The molecule has 0 saturated heterocycles. The van der Waals surface area contributed by atoms with Crippen LogP contribution in [0.25, 0.3) is 0 Å². The molecule has 8 unspecified atom stereocenters. The van der Waals surface area contributed by atoms with E-state index in [0.29, 0.717) is 16.9 Å². The highest BCUT2D eigenvalue weighted by Crippen LogP contribution is 2.68. The zero-order valence-electron chi connectivity index (χ0n) is 25.0. The lowest BCUT2D eigenvalue weighted by Gasteiger charge is -2.61. The normalized spacial score (nSPS) is 45.1. The number of allylic oxidation sites excluding steroid dienone is 1. The van der Waals surface area contributed by atoms with Crippen molar-refractivity contribution >= 4 is 0 Å². The van der Waals surface area contributed by atoms with Gasteiger partial charge in [0.05, 0.1) is 0 Å².